The molecule has 1 atom stereocenters. The van der Waals surface area contributed by atoms with E-state index in [1.807, 2.05) is 48.5 Å². The van der Waals surface area contributed by atoms with E-state index in [4.69, 9.17) is 9.84 Å². The number of piperidine rings is 1. The molecule has 0 radical (unpaired) electrons. The van der Waals surface area contributed by atoms with Crippen molar-refractivity contribution in [2.75, 3.05) is 26.0 Å². The van der Waals surface area contributed by atoms with Gasteiger partial charge in [-0.3, -0.25) is 4.79 Å². The van der Waals surface area contributed by atoms with Gasteiger partial charge in [-0.1, -0.05) is 48.5 Å². The molecule has 2 aromatic rings. The summed E-state index contributed by atoms with van der Waals surface area (Å²) in [4.78, 5) is 10.8. The first-order valence-corrected chi connectivity index (χ1v) is 11.4. The van der Waals surface area contributed by atoms with Crippen LogP contribution in [0.3, 0.4) is 0 Å². The Bertz CT molecular complexity index is 928. The van der Waals surface area contributed by atoms with Crippen molar-refractivity contribution in [3.05, 3.63) is 78.4 Å². The number of methoxy groups -OCH3 is 1. The van der Waals surface area contributed by atoms with Gasteiger partial charge in [0.05, 0.1) is 19.3 Å². The highest BCUT2D eigenvalue weighted by atomic mass is 32.2. The highest BCUT2D eigenvalue weighted by Crippen LogP contribution is 2.29. The average molecular weight is 432 g/mol. The maximum Gasteiger partial charge on any atom is 0.307 e. The monoisotopic (exact) mass is 431 g/mol. The van der Waals surface area contributed by atoms with E-state index in [9.17, 15) is 13.2 Å². The molecule has 1 N–H and O–H groups in total. The normalized spacial score (nSPS) is 16.8. The van der Waals surface area contributed by atoms with Crippen LogP contribution >= 0.6 is 0 Å². The van der Waals surface area contributed by atoms with Crippen LogP contribution in [0.1, 0.15) is 29.9 Å². The smallest absolute Gasteiger partial charge is 0.307 e. The van der Waals surface area contributed by atoms with Crippen molar-refractivity contribution in [1.82, 2.24) is 4.31 Å². The van der Waals surface area contributed by atoms with Gasteiger partial charge in [0, 0.05) is 13.1 Å². The minimum Gasteiger partial charge on any atom is -0.497 e. The Hall–Kier alpha value is -2.64. The standard InChI is InChI=1S/C16H21NO4S.C7H8O/c1-2-9-22(20,21)17-8-4-7-15(12-17)14-6-3-5-13(10-14)11-16(18)19;1-8-7-5-3-2-4-6-7/h2-3,5-6,10,15H,1,4,7-9,11-12H2,(H,18,19);2-6H,1H3. The van der Waals surface area contributed by atoms with Crippen molar-refractivity contribution in [2.24, 2.45) is 0 Å². The average Bonchev–Trinajstić information content (AvgIpc) is 2.74. The molecule has 0 bridgehead atoms. The lowest BCUT2D eigenvalue weighted by Gasteiger charge is -2.32. The Morgan fingerprint density at radius 2 is 1.97 bits per heavy atom. The molecule has 0 saturated carbocycles. The molecule has 1 aliphatic rings. The maximum absolute atomic E-state index is 12.2. The molecule has 1 saturated heterocycles. The van der Waals surface area contributed by atoms with Crippen LogP contribution in [0.15, 0.2) is 67.3 Å². The molecule has 30 heavy (non-hydrogen) atoms. The molecular weight excluding hydrogens is 402 g/mol. The zero-order chi connectivity index (χ0) is 22.0. The SMILES string of the molecule is C=CCS(=O)(=O)N1CCCC(c2cccc(CC(=O)O)c2)C1.COc1ccccc1. The van der Waals surface area contributed by atoms with Gasteiger partial charge in [-0.2, -0.15) is 0 Å². The lowest BCUT2D eigenvalue weighted by molar-refractivity contribution is -0.136. The quantitative estimate of drug-likeness (QED) is 0.676. The van der Waals surface area contributed by atoms with E-state index in [2.05, 4.69) is 6.58 Å². The molecule has 2 aromatic carbocycles. The Morgan fingerprint density at radius 3 is 2.57 bits per heavy atom. The number of hydrogen-bond donors (Lipinski definition) is 1. The maximum atomic E-state index is 12.2. The van der Waals surface area contributed by atoms with Crippen LogP contribution in [0.2, 0.25) is 0 Å². The van der Waals surface area contributed by atoms with Gasteiger partial charge in [0.15, 0.2) is 0 Å². The molecule has 1 heterocycles. The zero-order valence-electron chi connectivity index (χ0n) is 17.2. The minimum absolute atomic E-state index is 0.0148. The third-order valence-corrected chi connectivity index (χ3v) is 6.64. The van der Waals surface area contributed by atoms with Crippen LogP contribution in [-0.4, -0.2) is 49.8 Å². The molecule has 0 aliphatic carbocycles. The Kier molecular flexibility index (Phi) is 9.08. The summed E-state index contributed by atoms with van der Waals surface area (Å²) in [6.07, 6.45) is 3.12. The number of benzene rings is 2. The number of para-hydroxylation sites is 1. The van der Waals surface area contributed by atoms with E-state index < -0.39 is 16.0 Å². The zero-order valence-corrected chi connectivity index (χ0v) is 18.1. The highest BCUT2D eigenvalue weighted by molar-refractivity contribution is 7.89. The van der Waals surface area contributed by atoms with E-state index >= 15 is 0 Å². The van der Waals surface area contributed by atoms with Crippen molar-refractivity contribution in [2.45, 2.75) is 25.2 Å². The van der Waals surface area contributed by atoms with Crippen LogP contribution in [-0.2, 0) is 21.2 Å². The molecule has 7 heteroatoms. The summed E-state index contributed by atoms with van der Waals surface area (Å²) in [6, 6.07) is 17.1. The van der Waals surface area contributed by atoms with Crippen LogP contribution in [0.4, 0.5) is 0 Å². The summed E-state index contributed by atoms with van der Waals surface area (Å²) in [5, 5.41) is 8.88. The second-order valence-corrected chi connectivity index (χ2v) is 9.11. The summed E-state index contributed by atoms with van der Waals surface area (Å²) < 4.78 is 30.7. The molecular formula is C23H29NO5S. The number of carbonyl (C=O) groups is 1. The van der Waals surface area contributed by atoms with Crippen LogP contribution in [0.5, 0.6) is 5.75 Å². The Morgan fingerprint density at radius 1 is 1.23 bits per heavy atom. The molecule has 1 fully saturated rings. The molecule has 162 valence electrons. The van der Waals surface area contributed by atoms with E-state index in [0.717, 1.165) is 29.7 Å². The summed E-state index contributed by atoms with van der Waals surface area (Å²) in [5.74, 6) is 0.115. The second kappa shape index (κ2) is 11.5. The number of nitrogens with zero attached hydrogens (tertiary/aromatic N) is 1. The van der Waals surface area contributed by atoms with Gasteiger partial charge >= 0.3 is 5.97 Å². The number of aliphatic carboxylic acids is 1. The fraction of sp³-hybridized carbons (Fsp3) is 0.348. The molecule has 1 unspecified atom stereocenters. The lowest BCUT2D eigenvalue weighted by Crippen LogP contribution is -2.40. The van der Waals surface area contributed by atoms with Crippen LogP contribution in [0, 0.1) is 0 Å². The van der Waals surface area contributed by atoms with E-state index in [1.54, 1.807) is 13.2 Å². The molecule has 0 aromatic heterocycles. The molecule has 3 rings (SSSR count). The summed E-state index contributed by atoms with van der Waals surface area (Å²) in [7, 11) is -1.62. The largest absolute Gasteiger partial charge is 0.497 e. The third kappa shape index (κ3) is 7.31. The first kappa shape index (κ1) is 23.6. The summed E-state index contributed by atoms with van der Waals surface area (Å²) >= 11 is 0. The van der Waals surface area contributed by atoms with Crippen molar-refractivity contribution >= 4 is 16.0 Å². The highest BCUT2D eigenvalue weighted by Gasteiger charge is 2.28. The second-order valence-electron chi connectivity index (χ2n) is 7.10. The van der Waals surface area contributed by atoms with Crippen LogP contribution < -0.4 is 4.74 Å². The molecule has 1 aliphatic heterocycles. The molecule has 6 nitrogen and oxygen atoms in total. The molecule has 0 spiro atoms. The number of sulfonamides is 1. The third-order valence-electron chi connectivity index (χ3n) is 4.86. The van der Waals surface area contributed by atoms with E-state index in [0.29, 0.717) is 13.1 Å². The van der Waals surface area contributed by atoms with Gasteiger partial charge in [-0.15, -0.1) is 6.58 Å². The minimum atomic E-state index is -3.28. The fourth-order valence-corrected chi connectivity index (χ4v) is 4.73. The van der Waals surface area contributed by atoms with Crippen molar-refractivity contribution < 1.29 is 23.1 Å². The van der Waals surface area contributed by atoms with Crippen molar-refractivity contribution in [3.63, 3.8) is 0 Å². The van der Waals surface area contributed by atoms with Crippen LogP contribution in [0.25, 0.3) is 0 Å². The fourth-order valence-electron chi connectivity index (χ4n) is 3.41. The van der Waals surface area contributed by atoms with Gasteiger partial charge in [-0.05, 0) is 42.0 Å². The summed E-state index contributed by atoms with van der Waals surface area (Å²) in [6.45, 7) is 4.49. The molecule has 0 amide bonds. The Labute approximate surface area is 178 Å². The number of ether oxygens (including phenoxy) is 1. The van der Waals surface area contributed by atoms with E-state index in [-0.39, 0.29) is 18.1 Å². The van der Waals surface area contributed by atoms with E-state index in [1.165, 1.54) is 10.4 Å². The number of carboxylic acids is 1. The Balaban J connectivity index is 0.000000335. The summed E-state index contributed by atoms with van der Waals surface area (Å²) in [5.41, 5.74) is 1.76. The van der Waals surface area contributed by atoms with Gasteiger partial charge in [0.2, 0.25) is 10.0 Å². The van der Waals surface area contributed by atoms with Crippen molar-refractivity contribution in [1.29, 1.82) is 0 Å². The topological polar surface area (TPSA) is 83.9 Å². The first-order valence-electron chi connectivity index (χ1n) is 9.84. The van der Waals surface area contributed by atoms with Gasteiger partial charge in [-0.25, -0.2) is 12.7 Å². The predicted molar refractivity (Wildman–Crippen MR) is 118 cm³/mol. The van der Waals surface area contributed by atoms with Gasteiger partial charge in [0.25, 0.3) is 0 Å². The van der Waals surface area contributed by atoms with Gasteiger partial charge < -0.3 is 9.84 Å². The lowest BCUT2D eigenvalue weighted by atomic mass is 9.90. The number of carboxylic acid groups (broad SMARTS) is 1. The van der Waals surface area contributed by atoms with Gasteiger partial charge in [0.1, 0.15) is 5.75 Å². The first-order chi connectivity index (χ1) is 14.4. The number of rotatable bonds is 7. The number of hydrogen-bond acceptors (Lipinski definition) is 4. The van der Waals surface area contributed by atoms with Crippen molar-refractivity contribution in [3.8, 4) is 5.75 Å². The predicted octanol–water partition coefficient (Wildman–Crippen LogP) is 3.70.